The lowest BCUT2D eigenvalue weighted by atomic mass is 9.81. The fraction of sp³-hybridized carbons (Fsp3) is 0.464. The van der Waals surface area contributed by atoms with Crippen LogP contribution in [0, 0.1) is 0 Å². The molecule has 4 fully saturated rings. The van der Waals surface area contributed by atoms with Crippen LogP contribution in [-0.2, 0) is 0 Å². The van der Waals surface area contributed by atoms with Crippen molar-refractivity contribution in [1.29, 1.82) is 0 Å². The third-order valence-corrected chi connectivity index (χ3v) is 7.54. The van der Waals surface area contributed by atoms with Crippen LogP contribution in [0.25, 0.3) is 0 Å². The third-order valence-electron chi connectivity index (χ3n) is 7.54. The topological polar surface area (TPSA) is 36.0 Å². The molecule has 4 aliphatic heterocycles. The molecule has 4 heterocycles. The fourth-order valence-electron chi connectivity index (χ4n) is 5.92. The number of rotatable bonds is 7. The van der Waals surface area contributed by atoms with Gasteiger partial charge in [-0.3, -0.25) is 14.6 Å². The van der Waals surface area contributed by atoms with Crippen LogP contribution in [0.1, 0.15) is 53.2 Å². The van der Waals surface area contributed by atoms with Crippen molar-refractivity contribution in [3.63, 3.8) is 0 Å². The molecule has 33 heavy (non-hydrogen) atoms. The Morgan fingerprint density at radius 1 is 1.06 bits per heavy atom. The molecule has 3 atom stereocenters. The summed E-state index contributed by atoms with van der Waals surface area (Å²) in [7, 11) is 1.72. The zero-order valence-corrected chi connectivity index (χ0v) is 19.7. The Bertz CT molecular complexity index is 971. The first kappa shape index (κ1) is 22.2. The number of likely N-dealkylation sites (tertiary alicyclic amines) is 1. The standard InChI is InChI=1S/C28H35N3O2/c1-3-14-29-19-24-18-25(20-29)31(24)27(23-8-7-9-26(17-23)33-2)21-10-12-22(13-11-21)28(32)30-15-5-4-6-16-30/h3,7-13,17,24-25,27H,1,4-6,14-16,18-20H2,2H3. The van der Waals surface area contributed by atoms with Gasteiger partial charge in [0.1, 0.15) is 5.75 Å². The van der Waals surface area contributed by atoms with E-state index in [0.717, 1.165) is 56.9 Å². The Labute approximate surface area is 197 Å². The van der Waals surface area contributed by atoms with Crippen LogP contribution in [0.3, 0.4) is 0 Å². The molecule has 2 aromatic carbocycles. The van der Waals surface area contributed by atoms with Crippen LogP contribution in [0.2, 0.25) is 0 Å². The lowest BCUT2D eigenvalue weighted by Gasteiger charge is -2.59. The van der Waals surface area contributed by atoms with E-state index in [1.807, 2.05) is 29.2 Å². The van der Waals surface area contributed by atoms with Crippen LogP contribution in [0.4, 0.5) is 0 Å². The molecule has 4 saturated heterocycles. The highest BCUT2D eigenvalue weighted by atomic mass is 16.5. The van der Waals surface area contributed by atoms with Gasteiger partial charge in [0.2, 0.25) is 0 Å². The van der Waals surface area contributed by atoms with E-state index < -0.39 is 0 Å². The first-order valence-corrected chi connectivity index (χ1v) is 12.3. The Kier molecular flexibility index (Phi) is 6.52. The van der Waals surface area contributed by atoms with Crippen molar-refractivity contribution in [2.75, 3.05) is 39.8 Å². The summed E-state index contributed by atoms with van der Waals surface area (Å²) in [5.41, 5.74) is 3.28. The molecule has 0 radical (unpaired) electrons. The number of carbonyl (C=O) groups is 1. The van der Waals surface area contributed by atoms with Crippen molar-refractivity contribution in [2.45, 2.75) is 43.8 Å². The molecule has 2 bridgehead atoms. The smallest absolute Gasteiger partial charge is 0.253 e. The van der Waals surface area contributed by atoms with E-state index in [-0.39, 0.29) is 11.9 Å². The molecule has 5 heteroatoms. The molecule has 174 valence electrons. The minimum absolute atomic E-state index is 0.161. The SMILES string of the molecule is C=CCN1CC2CC(C1)N2C(c1ccc(C(=O)N2CCCCC2)cc1)c1cccc(OC)c1. The van der Waals surface area contributed by atoms with Crippen molar-refractivity contribution < 1.29 is 9.53 Å². The van der Waals surface area contributed by atoms with Crippen LogP contribution >= 0.6 is 0 Å². The summed E-state index contributed by atoms with van der Waals surface area (Å²) in [4.78, 5) is 20.2. The molecule has 3 unspecified atom stereocenters. The van der Waals surface area contributed by atoms with Gasteiger partial charge in [-0.1, -0.05) is 30.3 Å². The molecule has 0 saturated carbocycles. The summed E-state index contributed by atoms with van der Waals surface area (Å²) < 4.78 is 5.55. The van der Waals surface area contributed by atoms with Gasteiger partial charge < -0.3 is 9.64 Å². The van der Waals surface area contributed by atoms with E-state index in [4.69, 9.17) is 4.74 Å². The number of fused-ring (bicyclic) bond motifs is 2. The minimum atomic E-state index is 0.161. The molecule has 0 aliphatic carbocycles. The summed E-state index contributed by atoms with van der Waals surface area (Å²) in [6, 6.07) is 18.1. The van der Waals surface area contributed by atoms with Gasteiger partial charge in [0.05, 0.1) is 13.2 Å². The van der Waals surface area contributed by atoms with Crippen molar-refractivity contribution >= 4 is 5.91 Å². The number of benzene rings is 2. The van der Waals surface area contributed by atoms with Gasteiger partial charge in [0.25, 0.3) is 5.91 Å². The molecule has 0 N–H and O–H groups in total. The van der Waals surface area contributed by atoms with Gasteiger partial charge in [-0.25, -0.2) is 0 Å². The highest BCUT2D eigenvalue weighted by molar-refractivity contribution is 5.94. The van der Waals surface area contributed by atoms with Crippen molar-refractivity contribution in [3.8, 4) is 5.75 Å². The number of piperidine rings is 2. The molecular formula is C28H35N3O2. The molecule has 4 aliphatic rings. The van der Waals surface area contributed by atoms with E-state index in [1.54, 1.807) is 7.11 Å². The van der Waals surface area contributed by atoms with Crippen molar-refractivity contribution in [1.82, 2.24) is 14.7 Å². The van der Waals surface area contributed by atoms with Gasteiger partial charge in [-0.15, -0.1) is 6.58 Å². The van der Waals surface area contributed by atoms with Crippen LogP contribution in [0.5, 0.6) is 5.75 Å². The molecule has 5 nitrogen and oxygen atoms in total. The second kappa shape index (κ2) is 9.70. The Hall–Kier alpha value is -2.63. The number of amides is 1. The largest absolute Gasteiger partial charge is 0.497 e. The molecule has 0 spiro atoms. The Morgan fingerprint density at radius 3 is 2.45 bits per heavy atom. The van der Waals surface area contributed by atoms with Crippen molar-refractivity contribution in [3.05, 3.63) is 77.9 Å². The van der Waals surface area contributed by atoms with Crippen LogP contribution in [0.15, 0.2) is 61.2 Å². The summed E-state index contributed by atoms with van der Waals surface area (Å²) in [5.74, 6) is 1.05. The summed E-state index contributed by atoms with van der Waals surface area (Å²) in [6.07, 6.45) is 6.71. The van der Waals surface area contributed by atoms with Crippen molar-refractivity contribution in [2.24, 2.45) is 0 Å². The van der Waals surface area contributed by atoms with E-state index in [0.29, 0.717) is 12.1 Å². The monoisotopic (exact) mass is 445 g/mol. The summed E-state index contributed by atoms with van der Waals surface area (Å²) >= 11 is 0. The number of nitrogens with zero attached hydrogens (tertiary/aromatic N) is 3. The predicted molar refractivity (Wildman–Crippen MR) is 132 cm³/mol. The maximum absolute atomic E-state index is 13.0. The van der Waals surface area contributed by atoms with Gasteiger partial charge >= 0.3 is 0 Å². The number of piperazine rings is 1. The minimum Gasteiger partial charge on any atom is -0.497 e. The number of hydrogen-bond acceptors (Lipinski definition) is 4. The average Bonchev–Trinajstić information content (AvgIpc) is 2.87. The first-order valence-electron chi connectivity index (χ1n) is 12.3. The van der Waals surface area contributed by atoms with E-state index in [9.17, 15) is 4.79 Å². The summed E-state index contributed by atoms with van der Waals surface area (Å²) in [5, 5.41) is 0. The second-order valence-electron chi connectivity index (χ2n) is 9.65. The molecule has 6 rings (SSSR count). The molecule has 1 amide bonds. The fourth-order valence-corrected chi connectivity index (χ4v) is 5.92. The Balaban J connectivity index is 1.42. The van der Waals surface area contributed by atoms with Gasteiger partial charge in [-0.2, -0.15) is 0 Å². The quantitative estimate of drug-likeness (QED) is 0.594. The van der Waals surface area contributed by atoms with Gasteiger partial charge in [-0.05, 0) is 61.1 Å². The van der Waals surface area contributed by atoms with E-state index >= 15 is 0 Å². The van der Waals surface area contributed by atoms with Gasteiger partial charge in [0.15, 0.2) is 0 Å². The lowest BCUT2D eigenvalue weighted by Crippen LogP contribution is -2.69. The zero-order chi connectivity index (χ0) is 22.8. The molecule has 2 aromatic rings. The van der Waals surface area contributed by atoms with E-state index in [1.165, 1.54) is 24.0 Å². The highest BCUT2D eigenvalue weighted by Crippen LogP contribution is 2.43. The second-order valence-corrected chi connectivity index (χ2v) is 9.65. The lowest BCUT2D eigenvalue weighted by molar-refractivity contribution is -0.0850. The number of hydrogen-bond donors (Lipinski definition) is 0. The number of methoxy groups -OCH3 is 1. The third kappa shape index (κ3) is 4.44. The molecule has 0 aromatic heterocycles. The van der Waals surface area contributed by atoms with E-state index in [2.05, 4.69) is 46.7 Å². The maximum atomic E-state index is 13.0. The van der Waals surface area contributed by atoms with Gasteiger partial charge in [0, 0.05) is 50.4 Å². The highest BCUT2D eigenvalue weighted by Gasteiger charge is 2.48. The summed E-state index contributed by atoms with van der Waals surface area (Å²) in [6.45, 7) is 8.79. The average molecular weight is 446 g/mol. The molecular weight excluding hydrogens is 410 g/mol. The maximum Gasteiger partial charge on any atom is 0.253 e. The normalized spacial score (nSPS) is 24.1. The zero-order valence-electron chi connectivity index (χ0n) is 19.7. The first-order chi connectivity index (χ1) is 16.2. The number of carbonyl (C=O) groups excluding carboxylic acids is 1. The Morgan fingerprint density at radius 2 is 1.79 bits per heavy atom. The predicted octanol–water partition coefficient (Wildman–Crippen LogP) is 4.36. The van der Waals surface area contributed by atoms with Crippen LogP contribution in [-0.4, -0.2) is 72.5 Å². The number of ether oxygens (including phenoxy) is 1. The van der Waals surface area contributed by atoms with Crippen LogP contribution < -0.4 is 4.74 Å².